The molecule has 3 N–H and O–H groups in total. The van der Waals surface area contributed by atoms with Gasteiger partial charge in [-0.3, -0.25) is 4.79 Å². The first kappa shape index (κ1) is 11.3. The maximum atomic E-state index is 11.7. The van der Waals surface area contributed by atoms with Gasteiger partial charge < -0.3 is 11.1 Å². The molecule has 1 aliphatic rings. The third-order valence-electron chi connectivity index (χ3n) is 2.39. The number of alkyl halides is 3. The Kier molecular flexibility index (Phi) is 3.04. The lowest BCUT2D eigenvalue weighted by Gasteiger charge is -2.36. The molecule has 1 aliphatic carbocycles. The predicted molar refractivity (Wildman–Crippen MR) is 44.5 cm³/mol. The van der Waals surface area contributed by atoms with E-state index in [1.165, 1.54) is 0 Å². The molecule has 1 rings (SSSR count). The molecule has 82 valence electrons. The van der Waals surface area contributed by atoms with Crippen LogP contribution in [-0.2, 0) is 4.79 Å². The first-order valence-corrected chi connectivity index (χ1v) is 4.47. The summed E-state index contributed by atoms with van der Waals surface area (Å²) < 4.78 is 35.1. The standard InChI is InChI=1S/C8H13F3N2O/c9-8(10,11)4-5-13-6(14)7(12)2-1-3-7/h1-5,12H2,(H,13,14). The van der Waals surface area contributed by atoms with Crippen molar-refractivity contribution in [3.05, 3.63) is 0 Å². The van der Waals surface area contributed by atoms with Gasteiger partial charge in [0.2, 0.25) is 5.91 Å². The molecule has 6 heteroatoms. The summed E-state index contributed by atoms with van der Waals surface area (Å²) in [5, 5.41) is 2.20. The van der Waals surface area contributed by atoms with Crippen molar-refractivity contribution in [2.75, 3.05) is 6.54 Å². The van der Waals surface area contributed by atoms with Gasteiger partial charge in [0.1, 0.15) is 0 Å². The minimum atomic E-state index is -4.23. The van der Waals surface area contributed by atoms with Crippen LogP contribution in [0, 0.1) is 0 Å². The van der Waals surface area contributed by atoms with E-state index in [1.54, 1.807) is 0 Å². The molecule has 0 atom stereocenters. The van der Waals surface area contributed by atoms with E-state index < -0.39 is 24.0 Å². The largest absolute Gasteiger partial charge is 0.390 e. The quantitative estimate of drug-likeness (QED) is 0.728. The molecule has 1 amide bonds. The van der Waals surface area contributed by atoms with Crippen LogP contribution in [0.4, 0.5) is 13.2 Å². The molecule has 0 unspecified atom stereocenters. The number of nitrogens with two attached hydrogens (primary N) is 1. The highest BCUT2D eigenvalue weighted by Gasteiger charge is 2.40. The number of amides is 1. The van der Waals surface area contributed by atoms with Gasteiger partial charge in [0.15, 0.2) is 0 Å². The van der Waals surface area contributed by atoms with Gasteiger partial charge in [0.05, 0.1) is 12.0 Å². The Bertz CT molecular complexity index is 223. The van der Waals surface area contributed by atoms with Gasteiger partial charge in [-0.1, -0.05) is 0 Å². The van der Waals surface area contributed by atoms with E-state index in [4.69, 9.17) is 5.73 Å². The summed E-state index contributed by atoms with van der Waals surface area (Å²) in [6.45, 7) is -0.388. The smallest absolute Gasteiger partial charge is 0.354 e. The Morgan fingerprint density at radius 1 is 1.43 bits per heavy atom. The molecule has 0 aromatic carbocycles. The lowest BCUT2D eigenvalue weighted by atomic mass is 9.77. The number of nitrogens with one attached hydrogen (secondary N) is 1. The summed E-state index contributed by atoms with van der Waals surface area (Å²) >= 11 is 0. The Morgan fingerprint density at radius 3 is 2.36 bits per heavy atom. The second-order valence-corrected chi connectivity index (χ2v) is 3.63. The number of carbonyl (C=O) groups excluding carboxylic acids is 1. The minimum Gasteiger partial charge on any atom is -0.354 e. The molecule has 1 saturated carbocycles. The maximum Gasteiger partial charge on any atom is 0.390 e. The molecule has 1 fully saturated rings. The van der Waals surface area contributed by atoms with Crippen molar-refractivity contribution in [2.24, 2.45) is 5.73 Å². The van der Waals surface area contributed by atoms with Crippen LogP contribution in [0.3, 0.4) is 0 Å². The molecule has 0 radical (unpaired) electrons. The van der Waals surface area contributed by atoms with Crippen LogP contribution < -0.4 is 11.1 Å². The Hall–Kier alpha value is -0.780. The average molecular weight is 210 g/mol. The monoisotopic (exact) mass is 210 g/mol. The van der Waals surface area contributed by atoms with Crippen molar-refractivity contribution in [1.82, 2.24) is 5.32 Å². The highest BCUT2D eigenvalue weighted by molar-refractivity contribution is 5.86. The first-order valence-electron chi connectivity index (χ1n) is 4.47. The fraction of sp³-hybridized carbons (Fsp3) is 0.875. The number of carbonyl (C=O) groups is 1. The molecular formula is C8H13F3N2O. The normalized spacial score (nSPS) is 20.0. The zero-order valence-corrected chi connectivity index (χ0v) is 7.66. The molecule has 0 heterocycles. The first-order chi connectivity index (χ1) is 6.33. The third-order valence-corrected chi connectivity index (χ3v) is 2.39. The van der Waals surface area contributed by atoms with Crippen LogP contribution >= 0.6 is 0 Å². The second-order valence-electron chi connectivity index (χ2n) is 3.63. The molecule has 0 aromatic heterocycles. The van der Waals surface area contributed by atoms with E-state index in [2.05, 4.69) is 5.32 Å². The zero-order chi connectivity index (χ0) is 10.8. The van der Waals surface area contributed by atoms with Gasteiger partial charge in [0.25, 0.3) is 0 Å². The third kappa shape index (κ3) is 2.87. The topological polar surface area (TPSA) is 55.1 Å². The second kappa shape index (κ2) is 3.76. The summed E-state index contributed by atoms with van der Waals surface area (Å²) in [7, 11) is 0. The predicted octanol–water partition coefficient (Wildman–Crippen LogP) is 0.936. The summed E-state index contributed by atoms with van der Waals surface area (Å²) in [5.41, 5.74) is 4.69. The van der Waals surface area contributed by atoms with Crippen molar-refractivity contribution < 1.29 is 18.0 Å². The molecule has 0 aliphatic heterocycles. The lowest BCUT2D eigenvalue weighted by molar-refractivity contribution is -0.138. The van der Waals surface area contributed by atoms with Crippen molar-refractivity contribution in [3.63, 3.8) is 0 Å². The molecule has 0 aromatic rings. The number of rotatable bonds is 3. The van der Waals surface area contributed by atoms with Gasteiger partial charge in [-0.25, -0.2) is 0 Å². The van der Waals surface area contributed by atoms with Crippen molar-refractivity contribution in [3.8, 4) is 0 Å². The summed E-state index contributed by atoms with van der Waals surface area (Å²) in [6.07, 6.45) is -3.25. The fourth-order valence-electron chi connectivity index (χ4n) is 1.28. The summed E-state index contributed by atoms with van der Waals surface area (Å²) in [4.78, 5) is 11.2. The SMILES string of the molecule is NC1(C(=O)NCCC(F)(F)F)CCC1. The van der Waals surface area contributed by atoms with Crippen LogP contribution in [0.15, 0.2) is 0 Å². The number of halogens is 3. The molecule has 0 saturated heterocycles. The Balaban J connectivity index is 2.22. The van der Waals surface area contributed by atoms with E-state index in [0.717, 1.165) is 6.42 Å². The van der Waals surface area contributed by atoms with Gasteiger partial charge in [-0.2, -0.15) is 13.2 Å². The maximum absolute atomic E-state index is 11.7. The zero-order valence-electron chi connectivity index (χ0n) is 7.66. The molecule has 14 heavy (non-hydrogen) atoms. The van der Waals surface area contributed by atoms with Crippen molar-refractivity contribution in [2.45, 2.75) is 37.4 Å². The minimum absolute atomic E-state index is 0.388. The van der Waals surface area contributed by atoms with Crippen molar-refractivity contribution in [1.29, 1.82) is 0 Å². The number of hydrogen-bond donors (Lipinski definition) is 2. The van der Waals surface area contributed by atoms with E-state index in [0.29, 0.717) is 12.8 Å². The van der Waals surface area contributed by atoms with Crippen LogP contribution in [0.5, 0.6) is 0 Å². The Morgan fingerprint density at radius 2 is 2.00 bits per heavy atom. The number of hydrogen-bond acceptors (Lipinski definition) is 2. The van der Waals surface area contributed by atoms with Crippen molar-refractivity contribution >= 4 is 5.91 Å². The molecular weight excluding hydrogens is 197 g/mol. The van der Waals surface area contributed by atoms with Gasteiger partial charge >= 0.3 is 6.18 Å². The summed E-state index contributed by atoms with van der Waals surface area (Å²) in [5.74, 6) is -0.465. The molecule has 0 bridgehead atoms. The highest BCUT2D eigenvalue weighted by Crippen LogP contribution is 2.29. The molecule has 3 nitrogen and oxygen atoms in total. The van der Waals surface area contributed by atoms with E-state index in [-0.39, 0.29) is 6.54 Å². The van der Waals surface area contributed by atoms with E-state index in [9.17, 15) is 18.0 Å². The fourth-order valence-corrected chi connectivity index (χ4v) is 1.28. The van der Waals surface area contributed by atoms with Gasteiger partial charge in [-0.15, -0.1) is 0 Å². The van der Waals surface area contributed by atoms with Crippen LogP contribution in [0.25, 0.3) is 0 Å². The summed E-state index contributed by atoms with van der Waals surface area (Å²) in [6, 6.07) is 0. The Labute approximate surface area is 79.8 Å². The van der Waals surface area contributed by atoms with Crippen LogP contribution in [0.2, 0.25) is 0 Å². The molecule has 0 spiro atoms. The van der Waals surface area contributed by atoms with Crippen LogP contribution in [0.1, 0.15) is 25.7 Å². The van der Waals surface area contributed by atoms with E-state index in [1.807, 2.05) is 0 Å². The highest BCUT2D eigenvalue weighted by atomic mass is 19.4. The van der Waals surface area contributed by atoms with E-state index >= 15 is 0 Å². The lowest BCUT2D eigenvalue weighted by Crippen LogP contribution is -2.58. The average Bonchev–Trinajstić information content (AvgIpc) is 1.97. The van der Waals surface area contributed by atoms with Gasteiger partial charge in [-0.05, 0) is 19.3 Å². The van der Waals surface area contributed by atoms with Crippen LogP contribution in [-0.4, -0.2) is 24.2 Å². The van der Waals surface area contributed by atoms with Gasteiger partial charge in [0, 0.05) is 6.54 Å².